The van der Waals surface area contributed by atoms with E-state index in [0.29, 0.717) is 0 Å². The lowest BCUT2D eigenvalue weighted by atomic mass is 10.3. The number of hydrogen-bond donors (Lipinski definition) is 1. The van der Waals surface area contributed by atoms with Gasteiger partial charge in [0.2, 0.25) is 0 Å². The highest BCUT2D eigenvalue weighted by atomic mass is 19.4. The highest BCUT2D eigenvalue weighted by Gasteiger charge is 2.42. The summed E-state index contributed by atoms with van der Waals surface area (Å²) in [5.41, 5.74) is 4.41. The average molecular weight is 157 g/mol. The van der Waals surface area contributed by atoms with Crippen molar-refractivity contribution in [2.45, 2.75) is 12.2 Å². The standard InChI is InChI=1S/C4H6F3NO2/c1-10-3(9)2(8)4(5,6)7/h2H,8H2,1H3. The monoisotopic (exact) mass is 157 g/mol. The molecule has 0 aliphatic carbocycles. The van der Waals surface area contributed by atoms with Crippen LogP contribution in [0.5, 0.6) is 0 Å². The summed E-state index contributed by atoms with van der Waals surface area (Å²) in [4.78, 5) is 10.1. The van der Waals surface area contributed by atoms with E-state index in [4.69, 9.17) is 0 Å². The van der Waals surface area contributed by atoms with Crippen molar-refractivity contribution in [1.29, 1.82) is 0 Å². The Kier molecular flexibility index (Phi) is 2.65. The third-order valence-electron chi connectivity index (χ3n) is 0.808. The van der Waals surface area contributed by atoms with Crippen LogP contribution in [0.25, 0.3) is 0 Å². The van der Waals surface area contributed by atoms with Crippen molar-refractivity contribution in [2.75, 3.05) is 7.11 Å². The van der Waals surface area contributed by atoms with Gasteiger partial charge in [-0.25, -0.2) is 0 Å². The highest BCUT2D eigenvalue weighted by molar-refractivity contribution is 5.76. The van der Waals surface area contributed by atoms with E-state index in [9.17, 15) is 18.0 Å². The highest BCUT2D eigenvalue weighted by Crippen LogP contribution is 2.18. The summed E-state index contributed by atoms with van der Waals surface area (Å²) in [6, 6.07) is -2.53. The van der Waals surface area contributed by atoms with Crippen molar-refractivity contribution in [2.24, 2.45) is 5.73 Å². The van der Waals surface area contributed by atoms with E-state index < -0.39 is 18.2 Å². The summed E-state index contributed by atoms with van der Waals surface area (Å²) in [7, 11) is 0.841. The minimum absolute atomic E-state index is 0.841. The quantitative estimate of drug-likeness (QED) is 0.547. The Hall–Kier alpha value is -0.780. The third kappa shape index (κ3) is 2.22. The SMILES string of the molecule is COC(=O)C(N)C(F)(F)F. The molecule has 0 fully saturated rings. The molecule has 1 atom stereocenters. The summed E-state index contributed by atoms with van der Waals surface area (Å²) < 4.78 is 38.1. The Balaban J connectivity index is 4.08. The van der Waals surface area contributed by atoms with Gasteiger partial charge in [-0.15, -0.1) is 0 Å². The van der Waals surface area contributed by atoms with E-state index in [1.165, 1.54) is 0 Å². The predicted molar refractivity (Wildman–Crippen MR) is 26.0 cm³/mol. The maximum absolute atomic E-state index is 11.5. The molecule has 0 saturated carbocycles. The molecule has 2 N–H and O–H groups in total. The van der Waals surface area contributed by atoms with Gasteiger partial charge >= 0.3 is 12.1 Å². The van der Waals surface area contributed by atoms with E-state index in [0.717, 1.165) is 7.11 Å². The number of alkyl halides is 3. The summed E-state index contributed by atoms with van der Waals surface area (Å²) in [5, 5.41) is 0. The van der Waals surface area contributed by atoms with E-state index in [-0.39, 0.29) is 0 Å². The number of rotatable bonds is 1. The molecule has 0 aliphatic rings. The molecule has 0 saturated heterocycles. The first-order valence-corrected chi connectivity index (χ1v) is 2.29. The van der Waals surface area contributed by atoms with Gasteiger partial charge in [0.1, 0.15) is 0 Å². The molecule has 0 aromatic heterocycles. The Bertz CT molecular complexity index is 133. The molecular formula is C4H6F3NO2. The first kappa shape index (κ1) is 9.22. The molecule has 0 heterocycles. The fraction of sp³-hybridized carbons (Fsp3) is 0.750. The van der Waals surface area contributed by atoms with Crippen molar-refractivity contribution in [1.82, 2.24) is 0 Å². The second kappa shape index (κ2) is 2.87. The van der Waals surface area contributed by atoms with Crippen LogP contribution in [0.4, 0.5) is 13.2 Å². The van der Waals surface area contributed by atoms with Crippen LogP contribution >= 0.6 is 0 Å². The third-order valence-corrected chi connectivity index (χ3v) is 0.808. The van der Waals surface area contributed by atoms with Gasteiger partial charge in [0.15, 0.2) is 6.04 Å². The molecule has 0 rings (SSSR count). The number of halogens is 3. The number of esters is 1. The van der Waals surface area contributed by atoms with Crippen LogP contribution in [0.3, 0.4) is 0 Å². The van der Waals surface area contributed by atoms with Gasteiger partial charge in [0.25, 0.3) is 0 Å². The second-order valence-corrected chi connectivity index (χ2v) is 1.54. The molecule has 1 unspecified atom stereocenters. The zero-order valence-corrected chi connectivity index (χ0v) is 5.11. The van der Waals surface area contributed by atoms with Crippen LogP contribution in [0.2, 0.25) is 0 Å². The fourth-order valence-corrected chi connectivity index (χ4v) is 0.261. The fourth-order valence-electron chi connectivity index (χ4n) is 0.261. The molecule has 0 aromatic carbocycles. The van der Waals surface area contributed by atoms with Crippen molar-refractivity contribution >= 4 is 5.97 Å². The molecule has 0 aromatic rings. The first-order chi connectivity index (χ1) is 4.39. The number of carbonyl (C=O) groups is 1. The minimum Gasteiger partial charge on any atom is -0.468 e. The Morgan fingerprint density at radius 1 is 1.60 bits per heavy atom. The topological polar surface area (TPSA) is 52.3 Å². The Labute approximate surface area is 54.9 Å². The zero-order valence-electron chi connectivity index (χ0n) is 5.11. The number of carbonyl (C=O) groups excluding carboxylic acids is 1. The van der Waals surface area contributed by atoms with Crippen LogP contribution in [-0.2, 0) is 9.53 Å². The molecule has 0 spiro atoms. The lowest BCUT2D eigenvalue weighted by Gasteiger charge is -2.11. The van der Waals surface area contributed by atoms with E-state index in [1.807, 2.05) is 0 Å². The molecule has 0 bridgehead atoms. The molecule has 10 heavy (non-hydrogen) atoms. The van der Waals surface area contributed by atoms with Gasteiger partial charge in [-0.3, -0.25) is 4.79 Å². The predicted octanol–water partition coefficient (Wildman–Crippen LogP) is 0.0490. The van der Waals surface area contributed by atoms with Gasteiger partial charge in [0.05, 0.1) is 7.11 Å². The summed E-state index contributed by atoms with van der Waals surface area (Å²) >= 11 is 0. The smallest absolute Gasteiger partial charge is 0.414 e. The molecule has 0 radical (unpaired) electrons. The van der Waals surface area contributed by atoms with Crippen molar-refractivity contribution in [3.63, 3.8) is 0 Å². The summed E-state index contributed by atoms with van der Waals surface area (Å²) in [5.74, 6) is -1.48. The van der Waals surface area contributed by atoms with Crippen LogP contribution in [0.1, 0.15) is 0 Å². The molecular weight excluding hydrogens is 151 g/mol. The van der Waals surface area contributed by atoms with E-state index >= 15 is 0 Å². The normalized spacial score (nSPS) is 14.5. The molecule has 0 amide bonds. The maximum atomic E-state index is 11.5. The molecule has 6 heteroatoms. The number of hydrogen-bond acceptors (Lipinski definition) is 3. The Morgan fingerprint density at radius 2 is 2.00 bits per heavy atom. The number of ether oxygens (including phenoxy) is 1. The zero-order chi connectivity index (χ0) is 8.36. The number of methoxy groups -OCH3 is 1. The Morgan fingerprint density at radius 3 is 2.10 bits per heavy atom. The number of nitrogens with two attached hydrogens (primary N) is 1. The van der Waals surface area contributed by atoms with E-state index in [1.54, 1.807) is 0 Å². The lowest BCUT2D eigenvalue weighted by Crippen LogP contribution is -2.44. The van der Waals surface area contributed by atoms with Gasteiger partial charge in [-0.1, -0.05) is 0 Å². The van der Waals surface area contributed by atoms with Gasteiger partial charge in [-0.2, -0.15) is 13.2 Å². The van der Waals surface area contributed by atoms with Crippen LogP contribution in [0.15, 0.2) is 0 Å². The summed E-state index contributed by atoms with van der Waals surface area (Å²) in [6.07, 6.45) is -4.72. The molecule has 60 valence electrons. The van der Waals surface area contributed by atoms with E-state index in [2.05, 4.69) is 10.5 Å². The van der Waals surface area contributed by atoms with Crippen molar-refractivity contribution in [3.05, 3.63) is 0 Å². The second-order valence-electron chi connectivity index (χ2n) is 1.54. The van der Waals surface area contributed by atoms with Crippen LogP contribution in [0, 0.1) is 0 Å². The van der Waals surface area contributed by atoms with Crippen LogP contribution in [-0.4, -0.2) is 25.3 Å². The summed E-state index contributed by atoms with van der Waals surface area (Å²) in [6.45, 7) is 0. The largest absolute Gasteiger partial charge is 0.468 e. The van der Waals surface area contributed by atoms with Crippen molar-refractivity contribution < 1.29 is 22.7 Å². The minimum atomic E-state index is -4.72. The average Bonchev–Trinajstić information content (AvgIpc) is 1.83. The van der Waals surface area contributed by atoms with Gasteiger partial charge < -0.3 is 10.5 Å². The first-order valence-electron chi connectivity index (χ1n) is 2.29. The maximum Gasteiger partial charge on any atom is 0.414 e. The van der Waals surface area contributed by atoms with Gasteiger partial charge in [-0.05, 0) is 0 Å². The van der Waals surface area contributed by atoms with Crippen molar-refractivity contribution in [3.8, 4) is 0 Å². The lowest BCUT2D eigenvalue weighted by molar-refractivity contribution is -0.177. The van der Waals surface area contributed by atoms with Crippen LogP contribution < -0.4 is 5.73 Å². The van der Waals surface area contributed by atoms with Gasteiger partial charge in [0, 0.05) is 0 Å². The molecule has 0 aliphatic heterocycles. The molecule has 3 nitrogen and oxygen atoms in total.